The minimum atomic E-state index is -0.530. The van der Waals surface area contributed by atoms with Crippen molar-refractivity contribution in [2.75, 3.05) is 0 Å². The molecule has 1 aromatic heterocycles. The van der Waals surface area contributed by atoms with E-state index >= 15 is 0 Å². The maximum Gasteiger partial charge on any atom is 0.400 e. The van der Waals surface area contributed by atoms with Gasteiger partial charge in [-0.3, -0.25) is 0 Å². The Balaban J connectivity index is 1.56. The summed E-state index contributed by atoms with van der Waals surface area (Å²) >= 11 is 0. The average Bonchev–Trinajstić information content (AvgIpc) is 3.11. The van der Waals surface area contributed by atoms with Crippen LogP contribution in [0, 0.1) is 16.7 Å². The van der Waals surface area contributed by atoms with E-state index < -0.39 is 5.97 Å². The number of rotatable bonds is 2. The molecule has 2 atom stereocenters. The molecular weight excluding hydrogens is 290 g/mol. The number of furan rings is 1. The molecule has 120 valence electrons. The lowest BCUT2D eigenvalue weighted by atomic mass is 9.70. The minimum Gasteiger partial charge on any atom is -0.449 e. The van der Waals surface area contributed by atoms with Gasteiger partial charge in [0.1, 0.15) is 5.58 Å². The van der Waals surface area contributed by atoms with Crippen LogP contribution in [0.4, 0.5) is 0 Å². The van der Waals surface area contributed by atoms with E-state index in [0.29, 0.717) is 11.5 Å². The Bertz CT molecular complexity index is 784. The van der Waals surface area contributed by atoms with Gasteiger partial charge in [-0.05, 0) is 42.7 Å². The Kier molecular flexibility index (Phi) is 2.96. The maximum absolute atomic E-state index is 12.2. The lowest BCUT2D eigenvalue weighted by Gasteiger charge is -2.34. The van der Waals surface area contributed by atoms with Crippen molar-refractivity contribution >= 4 is 22.7 Å². The van der Waals surface area contributed by atoms with E-state index in [2.05, 4.69) is 25.9 Å². The molecule has 0 aliphatic heterocycles. The molecule has 1 heterocycles. The molecule has 0 saturated heterocycles. The van der Waals surface area contributed by atoms with Crippen LogP contribution in [-0.2, 0) is 4.84 Å². The molecule has 2 unspecified atom stereocenters. The Hall–Kier alpha value is -2.10. The molecule has 2 fully saturated rings. The molecule has 0 amide bonds. The van der Waals surface area contributed by atoms with Crippen LogP contribution < -0.4 is 0 Å². The first-order valence-corrected chi connectivity index (χ1v) is 8.19. The summed E-state index contributed by atoms with van der Waals surface area (Å²) in [7, 11) is 0. The average molecular weight is 311 g/mol. The van der Waals surface area contributed by atoms with E-state index in [4.69, 9.17) is 9.25 Å². The van der Waals surface area contributed by atoms with Gasteiger partial charge in [-0.2, -0.15) is 0 Å². The maximum atomic E-state index is 12.2. The fourth-order valence-corrected chi connectivity index (χ4v) is 4.29. The number of fused-ring (bicyclic) bond motifs is 3. The molecule has 2 bridgehead atoms. The number of hydrogen-bond donors (Lipinski definition) is 0. The largest absolute Gasteiger partial charge is 0.449 e. The van der Waals surface area contributed by atoms with Crippen molar-refractivity contribution in [1.82, 2.24) is 0 Å². The number of oxime groups is 1. The molecule has 4 rings (SSSR count). The second-order valence-electron chi connectivity index (χ2n) is 7.56. The van der Waals surface area contributed by atoms with Crippen LogP contribution in [0.2, 0.25) is 0 Å². The molecular formula is C19H21NO3. The molecule has 4 heteroatoms. The summed E-state index contributed by atoms with van der Waals surface area (Å²) < 4.78 is 5.53. The third-order valence-corrected chi connectivity index (χ3v) is 6.38. The van der Waals surface area contributed by atoms with Crippen LogP contribution in [0.25, 0.3) is 11.0 Å². The third-order valence-electron chi connectivity index (χ3n) is 6.38. The van der Waals surface area contributed by atoms with E-state index in [-0.39, 0.29) is 16.6 Å². The van der Waals surface area contributed by atoms with E-state index in [1.165, 1.54) is 6.42 Å². The van der Waals surface area contributed by atoms with Crippen molar-refractivity contribution in [3.8, 4) is 0 Å². The predicted molar refractivity (Wildman–Crippen MR) is 88.3 cm³/mol. The number of hydrogen-bond acceptors (Lipinski definition) is 4. The van der Waals surface area contributed by atoms with Crippen LogP contribution in [0.15, 0.2) is 39.9 Å². The Morgan fingerprint density at radius 3 is 2.74 bits per heavy atom. The molecule has 4 nitrogen and oxygen atoms in total. The zero-order valence-corrected chi connectivity index (χ0v) is 13.8. The zero-order chi connectivity index (χ0) is 16.2. The molecule has 0 radical (unpaired) electrons. The standard InChI is InChI=1S/C19H21NO3/c1-18(2)13-8-9-19(18,3)16(11-13)20-23-17(21)15-10-12-6-4-5-7-14(12)22-15/h4-7,10,13H,8-9,11H2,1-3H3. The van der Waals surface area contributed by atoms with Gasteiger partial charge in [-0.1, -0.05) is 44.1 Å². The Morgan fingerprint density at radius 1 is 1.30 bits per heavy atom. The predicted octanol–water partition coefficient (Wildman–Crippen LogP) is 4.79. The first kappa shape index (κ1) is 14.5. The van der Waals surface area contributed by atoms with E-state index in [0.717, 1.165) is 23.9 Å². The van der Waals surface area contributed by atoms with E-state index in [1.807, 2.05) is 24.3 Å². The van der Waals surface area contributed by atoms with Crippen molar-refractivity contribution in [1.29, 1.82) is 0 Å². The van der Waals surface area contributed by atoms with Gasteiger partial charge in [0.25, 0.3) is 0 Å². The first-order chi connectivity index (χ1) is 10.9. The number of carbonyl (C=O) groups is 1. The fourth-order valence-electron chi connectivity index (χ4n) is 4.29. The number of para-hydroxylation sites is 1. The normalized spacial score (nSPS) is 30.2. The Morgan fingerprint density at radius 2 is 2.09 bits per heavy atom. The summed E-state index contributed by atoms with van der Waals surface area (Å²) in [6, 6.07) is 9.22. The van der Waals surface area contributed by atoms with Gasteiger partial charge >= 0.3 is 5.97 Å². The monoisotopic (exact) mass is 311 g/mol. The van der Waals surface area contributed by atoms with Gasteiger partial charge in [0, 0.05) is 10.8 Å². The zero-order valence-electron chi connectivity index (χ0n) is 13.8. The molecule has 2 aliphatic carbocycles. The highest BCUT2D eigenvalue weighted by Gasteiger charge is 2.60. The van der Waals surface area contributed by atoms with Gasteiger partial charge in [0.15, 0.2) is 0 Å². The first-order valence-electron chi connectivity index (χ1n) is 8.19. The fraction of sp³-hybridized carbons (Fsp3) is 0.474. The van der Waals surface area contributed by atoms with Crippen LogP contribution in [0.5, 0.6) is 0 Å². The highest BCUT2D eigenvalue weighted by atomic mass is 16.7. The van der Waals surface area contributed by atoms with Gasteiger partial charge in [0.05, 0.1) is 5.71 Å². The summed E-state index contributed by atoms with van der Waals surface area (Å²) in [4.78, 5) is 17.4. The second kappa shape index (κ2) is 4.70. The van der Waals surface area contributed by atoms with Crippen molar-refractivity contribution in [3.05, 3.63) is 36.1 Å². The number of carbonyl (C=O) groups excluding carboxylic acids is 1. The lowest BCUT2D eigenvalue weighted by Crippen LogP contribution is -2.32. The summed E-state index contributed by atoms with van der Waals surface area (Å²) in [5.74, 6) is 0.303. The molecule has 0 spiro atoms. The Labute approximate surface area is 135 Å². The molecule has 2 aromatic rings. The number of benzene rings is 1. The van der Waals surface area contributed by atoms with Crippen LogP contribution in [0.1, 0.15) is 50.6 Å². The van der Waals surface area contributed by atoms with Gasteiger partial charge < -0.3 is 9.25 Å². The van der Waals surface area contributed by atoms with Crippen LogP contribution >= 0.6 is 0 Å². The quantitative estimate of drug-likeness (QED) is 0.592. The topological polar surface area (TPSA) is 51.8 Å². The minimum absolute atomic E-state index is 0.0336. The van der Waals surface area contributed by atoms with E-state index in [9.17, 15) is 4.79 Å². The van der Waals surface area contributed by atoms with Crippen molar-refractivity contribution in [2.45, 2.75) is 40.0 Å². The molecule has 2 aliphatic rings. The third kappa shape index (κ3) is 1.97. The number of nitrogens with zero attached hydrogens (tertiary/aromatic N) is 1. The lowest BCUT2D eigenvalue weighted by molar-refractivity contribution is 0.0474. The van der Waals surface area contributed by atoms with Crippen molar-refractivity contribution < 1.29 is 14.0 Å². The van der Waals surface area contributed by atoms with Gasteiger partial charge in [-0.25, -0.2) is 4.79 Å². The molecule has 0 N–H and O–H groups in total. The smallest absolute Gasteiger partial charge is 0.400 e. The van der Waals surface area contributed by atoms with E-state index in [1.54, 1.807) is 6.07 Å². The van der Waals surface area contributed by atoms with Gasteiger partial charge in [-0.15, -0.1) is 0 Å². The van der Waals surface area contributed by atoms with Crippen molar-refractivity contribution in [2.24, 2.45) is 21.9 Å². The summed E-state index contributed by atoms with van der Waals surface area (Å²) in [5, 5.41) is 5.12. The highest BCUT2D eigenvalue weighted by Crippen LogP contribution is 2.64. The van der Waals surface area contributed by atoms with Gasteiger partial charge in [0.2, 0.25) is 5.76 Å². The molecule has 23 heavy (non-hydrogen) atoms. The molecule has 1 aromatic carbocycles. The van der Waals surface area contributed by atoms with Crippen molar-refractivity contribution in [3.63, 3.8) is 0 Å². The SMILES string of the molecule is CC12CCC(CC1=NOC(=O)c1cc3ccccc3o1)C2(C)C. The molecule has 2 saturated carbocycles. The second-order valence-corrected chi connectivity index (χ2v) is 7.56. The summed E-state index contributed by atoms with van der Waals surface area (Å²) in [6.45, 7) is 6.84. The van der Waals surface area contributed by atoms with Crippen LogP contribution in [-0.4, -0.2) is 11.7 Å². The summed E-state index contributed by atoms with van der Waals surface area (Å²) in [5.41, 5.74) is 1.95. The summed E-state index contributed by atoms with van der Waals surface area (Å²) in [6.07, 6.45) is 3.28. The van der Waals surface area contributed by atoms with Crippen LogP contribution in [0.3, 0.4) is 0 Å². The highest BCUT2D eigenvalue weighted by molar-refractivity contribution is 5.96.